The van der Waals surface area contributed by atoms with Crippen LogP contribution in [0, 0.1) is 6.92 Å². The Hall–Kier alpha value is -3.57. The maximum atomic E-state index is 14.1. The van der Waals surface area contributed by atoms with E-state index >= 15 is 0 Å². The zero-order valence-corrected chi connectivity index (χ0v) is 27.2. The van der Waals surface area contributed by atoms with Crippen molar-refractivity contribution in [2.75, 3.05) is 25.1 Å². The molecule has 2 amide bonds. The first-order valence-electron chi connectivity index (χ1n) is 13.6. The number of nitrogens with one attached hydrogen (secondary N) is 1. The van der Waals surface area contributed by atoms with Gasteiger partial charge in [-0.2, -0.15) is 0 Å². The Kier molecular flexibility index (Phi) is 11.4. The van der Waals surface area contributed by atoms with E-state index < -0.39 is 28.5 Å². The van der Waals surface area contributed by atoms with Crippen molar-refractivity contribution in [1.82, 2.24) is 10.2 Å². The Morgan fingerprint density at radius 3 is 2.21 bits per heavy atom. The summed E-state index contributed by atoms with van der Waals surface area (Å²) in [7, 11) is -1.28. The summed E-state index contributed by atoms with van der Waals surface area (Å²) in [4.78, 5) is 28.7. The van der Waals surface area contributed by atoms with E-state index in [4.69, 9.17) is 9.47 Å². The van der Waals surface area contributed by atoms with Crippen molar-refractivity contribution in [3.8, 4) is 11.5 Å². The van der Waals surface area contributed by atoms with Gasteiger partial charge in [0.15, 0.2) is 11.5 Å². The maximum Gasteiger partial charge on any atom is 0.264 e. The quantitative estimate of drug-likeness (QED) is 0.267. The molecule has 0 bridgehead atoms. The minimum absolute atomic E-state index is 0.0248. The van der Waals surface area contributed by atoms with Crippen LogP contribution in [0.25, 0.3) is 0 Å². The predicted octanol–water partition coefficient (Wildman–Crippen LogP) is 5.30. The fourth-order valence-electron chi connectivity index (χ4n) is 4.23. The number of hydrogen-bond acceptors (Lipinski definition) is 6. The SMILES string of the molecule is CC[C@@H](C)NC(=O)[C@H](C)N(Cc1cccc(Br)c1)C(=O)CN(c1ccc(OC)c(OC)c1)S(=O)(=O)c1ccc(C)cc1. The second-order valence-corrected chi connectivity index (χ2v) is 12.8. The zero-order chi connectivity index (χ0) is 31.0. The van der Waals surface area contributed by atoms with E-state index in [0.717, 1.165) is 26.3 Å². The maximum absolute atomic E-state index is 14.1. The minimum Gasteiger partial charge on any atom is -0.493 e. The molecule has 42 heavy (non-hydrogen) atoms. The van der Waals surface area contributed by atoms with Crippen molar-refractivity contribution in [3.63, 3.8) is 0 Å². The predicted molar refractivity (Wildman–Crippen MR) is 167 cm³/mol. The lowest BCUT2D eigenvalue weighted by atomic mass is 10.1. The van der Waals surface area contributed by atoms with Gasteiger partial charge in [-0.25, -0.2) is 8.42 Å². The number of carbonyl (C=O) groups is 2. The molecule has 0 saturated carbocycles. The average Bonchev–Trinajstić information content (AvgIpc) is 2.97. The molecule has 2 atom stereocenters. The third-order valence-corrected chi connectivity index (χ3v) is 9.23. The minimum atomic E-state index is -4.21. The van der Waals surface area contributed by atoms with E-state index in [1.165, 1.54) is 37.3 Å². The standard InChI is InChI=1S/C31H38BrN3O6S/c1-7-22(3)33-31(37)23(4)34(19-24-9-8-10-25(32)17-24)30(36)20-35(26-13-16-28(40-5)29(18-26)41-6)42(38,39)27-14-11-21(2)12-15-27/h8-18,22-23H,7,19-20H2,1-6H3,(H,33,37)/t22-,23+/m1/s1. The number of benzene rings is 3. The molecule has 0 saturated heterocycles. The summed E-state index contributed by atoms with van der Waals surface area (Å²) in [6.45, 7) is 6.88. The van der Waals surface area contributed by atoms with Crippen LogP contribution in [0.5, 0.6) is 11.5 Å². The van der Waals surface area contributed by atoms with Crippen LogP contribution < -0.4 is 19.1 Å². The number of nitrogens with zero attached hydrogens (tertiary/aromatic N) is 2. The van der Waals surface area contributed by atoms with Crippen LogP contribution in [-0.2, 0) is 26.2 Å². The molecule has 1 N–H and O–H groups in total. The Morgan fingerprint density at radius 1 is 0.952 bits per heavy atom. The van der Waals surface area contributed by atoms with Crippen molar-refractivity contribution >= 4 is 43.5 Å². The molecule has 9 nitrogen and oxygen atoms in total. The van der Waals surface area contributed by atoms with Crippen molar-refractivity contribution in [2.24, 2.45) is 0 Å². The molecule has 0 heterocycles. The Balaban J connectivity index is 2.09. The van der Waals surface area contributed by atoms with Crippen LogP contribution in [0.15, 0.2) is 76.1 Å². The third-order valence-electron chi connectivity index (χ3n) is 6.95. The van der Waals surface area contributed by atoms with Gasteiger partial charge in [-0.3, -0.25) is 13.9 Å². The summed E-state index contributed by atoms with van der Waals surface area (Å²) in [5.74, 6) is -0.162. The van der Waals surface area contributed by atoms with E-state index in [-0.39, 0.29) is 29.1 Å². The monoisotopic (exact) mass is 659 g/mol. The Morgan fingerprint density at radius 2 is 1.62 bits per heavy atom. The van der Waals surface area contributed by atoms with Gasteiger partial charge in [0.05, 0.1) is 24.8 Å². The molecule has 226 valence electrons. The lowest BCUT2D eigenvalue weighted by Crippen LogP contribution is -2.52. The molecule has 0 aliphatic heterocycles. The number of sulfonamides is 1. The number of carbonyl (C=O) groups excluding carboxylic acids is 2. The van der Waals surface area contributed by atoms with Gasteiger partial charge in [-0.05, 0) is 69.2 Å². The number of halogens is 1. The smallest absolute Gasteiger partial charge is 0.264 e. The molecule has 0 spiro atoms. The van der Waals surface area contributed by atoms with E-state index in [2.05, 4.69) is 21.2 Å². The van der Waals surface area contributed by atoms with Gasteiger partial charge in [0.25, 0.3) is 10.0 Å². The molecule has 3 rings (SSSR count). The molecule has 11 heteroatoms. The number of aryl methyl sites for hydroxylation is 1. The molecule has 3 aromatic rings. The van der Waals surface area contributed by atoms with E-state index in [9.17, 15) is 18.0 Å². The van der Waals surface area contributed by atoms with Gasteiger partial charge in [0.1, 0.15) is 12.6 Å². The van der Waals surface area contributed by atoms with E-state index in [0.29, 0.717) is 11.5 Å². The van der Waals surface area contributed by atoms with Gasteiger partial charge >= 0.3 is 0 Å². The molecule has 0 fully saturated rings. The first kappa shape index (κ1) is 32.9. The lowest BCUT2D eigenvalue weighted by molar-refractivity contribution is -0.139. The number of amides is 2. The zero-order valence-electron chi connectivity index (χ0n) is 24.8. The van der Waals surface area contributed by atoms with Crippen molar-refractivity contribution in [1.29, 1.82) is 0 Å². The number of anilines is 1. The fraction of sp³-hybridized carbons (Fsp3) is 0.355. The largest absolute Gasteiger partial charge is 0.493 e. The molecule has 0 aliphatic carbocycles. The van der Waals surface area contributed by atoms with Crippen LogP contribution in [0.3, 0.4) is 0 Å². The highest BCUT2D eigenvalue weighted by Gasteiger charge is 2.33. The van der Waals surface area contributed by atoms with Crippen molar-refractivity contribution < 1.29 is 27.5 Å². The topological polar surface area (TPSA) is 105 Å². The highest BCUT2D eigenvalue weighted by Crippen LogP contribution is 2.34. The normalized spacial score (nSPS) is 12.6. The summed E-state index contributed by atoms with van der Waals surface area (Å²) in [6.07, 6.45) is 0.722. The van der Waals surface area contributed by atoms with Gasteiger partial charge < -0.3 is 19.7 Å². The third kappa shape index (κ3) is 8.04. The average molecular weight is 661 g/mol. The first-order chi connectivity index (χ1) is 19.9. The number of rotatable bonds is 13. The van der Waals surface area contributed by atoms with Crippen LogP contribution in [0.4, 0.5) is 5.69 Å². The van der Waals surface area contributed by atoms with Gasteiger partial charge in [0, 0.05) is 23.1 Å². The highest BCUT2D eigenvalue weighted by atomic mass is 79.9. The molecule has 0 radical (unpaired) electrons. The summed E-state index contributed by atoms with van der Waals surface area (Å²) in [6, 6.07) is 17.5. The molecule has 0 aromatic heterocycles. The van der Waals surface area contributed by atoms with Crippen LogP contribution in [-0.4, -0.2) is 58.0 Å². The van der Waals surface area contributed by atoms with Gasteiger partial charge in [-0.1, -0.05) is 52.7 Å². The fourth-order valence-corrected chi connectivity index (χ4v) is 6.08. The molecular weight excluding hydrogens is 622 g/mol. The molecule has 0 aliphatic rings. The van der Waals surface area contributed by atoms with E-state index in [1.807, 2.05) is 45.0 Å². The van der Waals surface area contributed by atoms with Crippen molar-refractivity contribution in [2.45, 2.75) is 57.6 Å². The number of hydrogen-bond donors (Lipinski definition) is 1. The van der Waals surface area contributed by atoms with Gasteiger partial charge in [-0.15, -0.1) is 0 Å². The summed E-state index contributed by atoms with van der Waals surface area (Å²) >= 11 is 3.46. The summed E-state index contributed by atoms with van der Waals surface area (Å²) < 4.78 is 40.7. The van der Waals surface area contributed by atoms with Crippen molar-refractivity contribution in [3.05, 3.63) is 82.3 Å². The highest BCUT2D eigenvalue weighted by molar-refractivity contribution is 9.10. The van der Waals surface area contributed by atoms with Gasteiger partial charge in [0.2, 0.25) is 11.8 Å². The Bertz CT molecular complexity index is 1500. The molecule has 3 aromatic carbocycles. The van der Waals surface area contributed by atoms with E-state index in [1.54, 1.807) is 31.2 Å². The van der Waals surface area contributed by atoms with Crippen LogP contribution in [0.1, 0.15) is 38.3 Å². The van der Waals surface area contributed by atoms with Crippen LogP contribution >= 0.6 is 15.9 Å². The second kappa shape index (κ2) is 14.6. The summed E-state index contributed by atoms with van der Waals surface area (Å²) in [5, 5.41) is 2.93. The Labute approximate surface area is 257 Å². The second-order valence-electron chi connectivity index (χ2n) is 10.0. The number of ether oxygens (including phenoxy) is 2. The first-order valence-corrected chi connectivity index (χ1v) is 15.8. The lowest BCUT2D eigenvalue weighted by Gasteiger charge is -2.32. The molecule has 0 unspecified atom stereocenters. The number of methoxy groups -OCH3 is 2. The summed E-state index contributed by atoms with van der Waals surface area (Å²) in [5.41, 5.74) is 1.88. The van der Waals surface area contributed by atoms with Crippen LogP contribution in [0.2, 0.25) is 0 Å². The molecular formula is C31H38BrN3O6S.